The molecule has 1 heterocycles. The third-order valence-electron chi connectivity index (χ3n) is 2.09. The van der Waals surface area contributed by atoms with Crippen LogP contribution in [0, 0.1) is 0 Å². The summed E-state index contributed by atoms with van der Waals surface area (Å²) < 4.78 is 0. The second-order valence-electron chi connectivity index (χ2n) is 3.39. The molecule has 3 N–H and O–H groups in total. The van der Waals surface area contributed by atoms with E-state index in [4.69, 9.17) is 17.3 Å². The van der Waals surface area contributed by atoms with Crippen molar-refractivity contribution in [1.29, 1.82) is 0 Å². The van der Waals surface area contributed by atoms with Crippen molar-refractivity contribution in [2.75, 3.05) is 6.54 Å². The number of carbonyl (C=O) groups excluding carboxylic acids is 1. The van der Waals surface area contributed by atoms with Crippen molar-refractivity contribution in [3.8, 4) is 0 Å². The van der Waals surface area contributed by atoms with Gasteiger partial charge in [0.2, 0.25) is 5.91 Å². The van der Waals surface area contributed by atoms with Crippen molar-refractivity contribution in [2.24, 2.45) is 5.73 Å². The Morgan fingerprint density at radius 2 is 2.33 bits per heavy atom. The van der Waals surface area contributed by atoms with Crippen molar-refractivity contribution < 1.29 is 4.79 Å². The lowest BCUT2D eigenvalue weighted by atomic mass is 10.2. The lowest BCUT2D eigenvalue weighted by molar-refractivity contribution is 0.100. The van der Waals surface area contributed by atoms with Crippen LogP contribution >= 0.6 is 11.6 Å². The fourth-order valence-corrected chi connectivity index (χ4v) is 1.20. The van der Waals surface area contributed by atoms with Gasteiger partial charge >= 0.3 is 0 Å². The Morgan fingerprint density at radius 3 is 2.60 bits per heavy atom. The minimum atomic E-state index is -0.456. The molecule has 1 unspecified atom stereocenters. The van der Waals surface area contributed by atoms with Gasteiger partial charge in [-0.3, -0.25) is 4.79 Å². The first-order valence-corrected chi connectivity index (χ1v) is 5.30. The van der Waals surface area contributed by atoms with Crippen LogP contribution in [-0.2, 0) is 0 Å². The molecule has 15 heavy (non-hydrogen) atoms. The van der Waals surface area contributed by atoms with Crippen LogP contribution < -0.4 is 11.1 Å². The molecule has 1 aliphatic heterocycles. The molecule has 2 rings (SSSR count). The molecule has 1 aliphatic rings. The van der Waals surface area contributed by atoms with Crippen LogP contribution in [-0.4, -0.2) is 18.5 Å². The molecule has 82 valence electrons. The fourth-order valence-electron chi connectivity index (χ4n) is 1.01. The van der Waals surface area contributed by atoms with Gasteiger partial charge < -0.3 is 11.1 Å². The monoisotopic (exact) mass is 226 g/mol. The lowest BCUT2D eigenvalue weighted by Gasteiger charge is -1.93. The SMILES string of the molecule is CCC1CN1.NC(=O)c1cccc(Cl)c1. The molecule has 4 heteroatoms. The molecule has 1 fully saturated rings. The van der Waals surface area contributed by atoms with Crippen molar-refractivity contribution in [3.63, 3.8) is 0 Å². The molecule has 1 aromatic rings. The standard InChI is InChI=1S/C7H6ClNO.C4H9N/c8-6-3-1-2-5(4-6)7(9)10;1-2-4-3-5-4/h1-4H,(H2,9,10);4-5H,2-3H2,1H3. The fraction of sp³-hybridized carbons (Fsp3) is 0.364. The summed E-state index contributed by atoms with van der Waals surface area (Å²) in [6.07, 6.45) is 1.31. The van der Waals surface area contributed by atoms with Gasteiger partial charge in [0.1, 0.15) is 0 Å². The zero-order valence-corrected chi connectivity index (χ0v) is 9.42. The summed E-state index contributed by atoms with van der Waals surface area (Å²) >= 11 is 5.58. The summed E-state index contributed by atoms with van der Waals surface area (Å²) in [5.74, 6) is -0.456. The van der Waals surface area contributed by atoms with Crippen molar-refractivity contribution in [3.05, 3.63) is 34.9 Å². The molecule has 0 aliphatic carbocycles. The van der Waals surface area contributed by atoms with Gasteiger partial charge in [0.25, 0.3) is 0 Å². The van der Waals surface area contributed by atoms with Gasteiger partial charge in [-0.15, -0.1) is 0 Å². The third-order valence-corrected chi connectivity index (χ3v) is 2.33. The number of benzene rings is 1. The first-order chi connectivity index (χ1) is 7.13. The highest BCUT2D eigenvalue weighted by molar-refractivity contribution is 6.30. The van der Waals surface area contributed by atoms with Gasteiger partial charge in [0, 0.05) is 23.2 Å². The summed E-state index contributed by atoms with van der Waals surface area (Å²) in [4.78, 5) is 10.5. The molecule has 1 atom stereocenters. The number of hydrogen-bond acceptors (Lipinski definition) is 2. The Bertz CT molecular complexity index is 337. The predicted molar refractivity (Wildman–Crippen MR) is 62.1 cm³/mol. The molecule has 0 aromatic heterocycles. The molecular formula is C11H15ClN2O. The van der Waals surface area contributed by atoms with E-state index in [1.165, 1.54) is 19.0 Å². The highest BCUT2D eigenvalue weighted by Gasteiger charge is 2.15. The molecule has 3 nitrogen and oxygen atoms in total. The summed E-state index contributed by atoms with van der Waals surface area (Å²) in [5, 5.41) is 3.71. The Balaban J connectivity index is 0.000000187. The first-order valence-electron chi connectivity index (χ1n) is 4.92. The normalized spacial score (nSPS) is 17.6. The number of rotatable bonds is 2. The van der Waals surface area contributed by atoms with E-state index in [9.17, 15) is 4.79 Å². The zero-order valence-electron chi connectivity index (χ0n) is 8.66. The minimum absolute atomic E-state index is 0.438. The number of halogens is 1. The lowest BCUT2D eigenvalue weighted by Crippen LogP contribution is -2.10. The number of amides is 1. The van der Waals surface area contributed by atoms with E-state index in [0.29, 0.717) is 10.6 Å². The molecule has 0 spiro atoms. The van der Waals surface area contributed by atoms with Crippen molar-refractivity contribution in [2.45, 2.75) is 19.4 Å². The van der Waals surface area contributed by atoms with E-state index < -0.39 is 5.91 Å². The highest BCUT2D eigenvalue weighted by Crippen LogP contribution is 2.09. The Labute approximate surface area is 94.6 Å². The van der Waals surface area contributed by atoms with Crippen molar-refractivity contribution >= 4 is 17.5 Å². The number of carbonyl (C=O) groups is 1. The van der Waals surface area contributed by atoms with Crippen molar-refractivity contribution in [1.82, 2.24) is 5.32 Å². The van der Waals surface area contributed by atoms with Crippen LogP contribution in [0.1, 0.15) is 23.7 Å². The minimum Gasteiger partial charge on any atom is -0.366 e. The smallest absolute Gasteiger partial charge is 0.248 e. The molecule has 1 saturated heterocycles. The van der Waals surface area contributed by atoms with E-state index in [0.717, 1.165) is 6.04 Å². The summed E-state index contributed by atoms with van der Waals surface area (Å²) in [5.41, 5.74) is 5.42. The van der Waals surface area contributed by atoms with Gasteiger partial charge in [-0.25, -0.2) is 0 Å². The predicted octanol–water partition coefficient (Wildman–Crippen LogP) is 1.81. The summed E-state index contributed by atoms with van der Waals surface area (Å²) in [6.45, 7) is 3.46. The number of hydrogen-bond donors (Lipinski definition) is 2. The number of primary amides is 1. The average Bonchev–Trinajstić information content (AvgIpc) is 3.01. The Kier molecular flexibility index (Phi) is 4.59. The average molecular weight is 227 g/mol. The Hall–Kier alpha value is -1.06. The summed E-state index contributed by atoms with van der Waals surface area (Å²) in [7, 11) is 0. The topological polar surface area (TPSA) is 65.0 Å². The number of nitrogens with one attached hydrogen (secondary N) is 1. The van der Waals surface area contributed by atoms with Crippen LogP contribution in [0.25, 0.3) is 0 Å². The van der Waals surface area contributed by atoms with Crippen LogP contribution in [0.3, 0.4) is 0 Å². The van der Waals surface area contributed by atoms with Gasteiger partial charge in [-0.05, 0) is 24.6 Å². The van der Waals surface area contributed by atoms with E-state index in [1.807, 2.05) is 0 Å². The molecular weight excluding hydrogens is 212 g/mol. The largest absolute Gasteiger partial charge is 0.366 e. The van der Waals surface area contributed by atoms with Crippen LogP contribution in [0.5, 0.6) is 0 Å². The quantitative estimate of drug-likeness (QED) is 0.756. The van der Waals surface area contributed by atoms with E-state index in [1.54, 1.807) is 18.2 Å². The second kappa shape index (κ2) is 5.73. The van der Waals surface area contributed by atoms with Gasteiger partial charge in [-0.2, -0.15) is 0 Å². The van der Waals surface area contributed by atoms with E-state index in [2.05, 4.69) is 12.2 Å². The molecule has 0 bridgehead atoms. The molecule has 0 saturated carbocycles. The maximum atomic E-state index is 10.5. The molecule has 1 aromatic carbocycles. The van der Waals surface area contributed by atoms with E-state index in [-0.39, 0.29) is 0 Å². The first kappa shape index (κ1) is 12.0. The zero-order chi connectivity index (χ0) is 11.3. The van der Waals surface area contributed by atoms with E-state index >= 15 is 0 Å². The van der Waals surface area contributed by atoms with Crippen LogP contribution in [0.4, 0.5) is 0 Å². The third kappa shape index (κ3) is 4.81. The van der Waals surface area contributed by atoms with Crippen LogP contribution in [0.2, 0.25) is 5.02 Å². The molecule has 1 amide bonds. The van der Waals surface area contributed by atoms with Gasteiger partial charge in [0.15, 0.2) is 0 Å². The maximum Gasteiger partial charge on any atom is 0.248 e. The van der Waals surface area contributed by atoms with Gasteiger partial charge in [0.05, 0.1) is 0 Å². The van der Waals surface area contributed by atoms with Crippen LogP contribution in [0.15, 0.2) is 24.3 Å². The Morgan fingerprint density at radius 1 is 1.67 bits per heavy atom. The maximum absolute atomic E-state index is 10.5. The van der Waals surface area contributed by atoms with Gasteiger partial charge in [-0.1, -0.05) is 24.6 Å². The molecule has 0 radical (unpaired) electrons. The highest BCUT2D eigenvalue weighted by atomic mass is 35.5. The number of nitrogens with two attached hydrogens (primary N) is 1. The summed E-state index contributed by atoms with van der Waals surface area (Å²) in [6, 6.07) is 7.41. The second-order valence-corrected chi connectivity index (χ2v) is 3.82.